The number of benzene rings is 1. The number of fused-ring (bicyclic) bond motifs is 1. The van der Waals surface area contributed by atoms with Crippen LogP contribution < -0.4 is 4.90 Å². The van der Waals surface area contributed by atoms with Gasteiger partial charge in [-0.15, -0.1) is 0 Å². The highest BCUT2D eigenvalue weighted by molar-refractivity contribution is 5.57. The van der Waals surface area contributed by atoms with Gasteiger partial charge in [-0.1, -0.05) is 19.1 Å². The molecule has 0 spiro atoms. The van der Waals surface area contributed by atoms with Crippen molar-refractivity contribution in [3.05, 3.63) is 29.3 Å². The van der Waals surface area contributed by atoms with Crippen LogP contribution >= 0.6 is 0 Å². The van der Waals surface area contributed by atoms with Crippen LogP contribution in [0.5, 0.6) is 0 Å². The Labute approximate surface area is 109 Å². The van der Waals surface area contributed by atoms with E-state index in [1.165, 1.54) is 36.2 Å². The Balaban J connectivity index is 0.000000492. The van der Waals surface area contributed by atoms with Crippen LogP contribution in [0.15, 0.2) is 18.2 Å². The molecule has 0 fully saturated rings. The van der Waals surface area contributed by atoms with Crippen LogP contribution in [-0.2, 0) is 22.4 Å². The van der Waals surface area contributed by atoms with E-state index in [1.54, 1.807) is 0 Å². The summed E-state index contributed by atoms with van der Waals surface area (Å²) >= 11 is 0. The lowest BCUT2D eigenvalue weighted by Crippen LogP contribution is -2.35. The van der Waals surface area contributed by atoms with Crippen molar-refractivity contribution >= 4 is 11.8 Å². The van der Waals surface area contributed by atoms with Crippen molar-refractivity contribution in [1.82, 2.24) is 0 Å². The molecule has 98 valence electrons. The Hall–Kier alpha value is -1.60. The summed E-state index contributed by atoms with van der Waals surface area (Å²) in [6, 6.07) is 7.61. The van der Waals surface area contributed by atoms with E-state index in [4.69, 9.17) is 9.59 Å². The van der Waals surface area contributed by atoms with Gasteiger partial charge in [-0.05, 0) is 50.3 Å². The Bertz CT molecular complexity index is 421. The molecule has 0 aromatic heterocycles. The monoisotopic (exact) mass is 247 g/mol. The SMILES string of the molecule is CCc1ccc2c(c1)N(C(C)C)CCC2.O=C=O. The summed E-state index contributed by atoms with van der Waals surface area (Å²) in [7, 11) is 0. The molecule has 2 rings (SSSR count). The molecule has 0 amide bonds. The molecule has 0 atom stereocenters. The maximum atomic E-state index is 8.12. The van der Waals surface area contributed by atoms with Crippen LogP contribution in [0.25, 0.3) is 0 Å². The Kier molecular flexibility index (Phi) is 5.60. The highest BCUT2D eigenvalue weighted by Gasteiger charge is 2.18. The van der Waals surface area contributed by atoms with Gasteiger partial charge in [0.2, 0.25) is 0 Å². The Morgan fingerprint density at radius 1 is 1.33 bits per heavy atom. The molecule has 0 radical (unpaired) electrons. The molecular weight excluding hydrogens is 226 g/mol. The van der Waals surface area contributed by atoms with Gasteiger partial charge >= 0.3 is 6.15 Å². The summed E-state index contributed by atoms with van der Waals surface area (Å²) in [6.07, 6.45) is 3.94. The van der Waals surface area contributed by atoms with Crippen LogP contribution in [0.1, 0.15) is 38.3 Å². The zero-order valence-corrected chi connectivity index (χ0v) is 11.4. The van der Waals surface area contributed by atoms with Crippen molar-refractivity contribution < 1.29 is 9.59 Å². The van der Waals surface area contributed by atoms with Gasteiger partial charge in [0.1, 0.15) is 0 Å². The lowest BCUT2D eigenvalue weighted by molar-refractivity contribution is -0.191. The summed E-state index contributed by atoms with van der Waals surface area (Å²) in [5.74, 6) is 0. The van der Waals surface area contributed by atoms with E-state index >= 15 is 0 Å². The van der Waals surface area contributed by atoms with Crippen LogP contribution in [0, 0.1) is 0 Å². The van der Waals surface area contributed by atoms with Gasteiger partial charge in [-0.2, -0.15) is 9.59 Å². The number of rotatable bonds is 2. The largest absolute Gasteiger partial charge is 0.373 e. The molecule has 1 aromatic rings. The lowest BCUT2D eigenvalue weighted by atomic mass is 9.98. The minimum atomic E-state index is 0.250. The minimum absolute atomic E-state index is 0.250. The van der Waals surface area contributed by atoms with Crippen molar-refractivity contribution in [2.75, 3.05) is 11.4 Å². The minimum Gasteiger partial charge on any atom is -0.369 e. The molecule has 0 saturated heterocycles. The molecule has 0 bridgehead atoms. The van der Waals surface area contributed by atoms with Gasteiger partial charge in [-0.25, -0.2) is 0 Å². The summed E-state index contributed by atoms with van der Waals surface area (Å²) in [5, 5.41) is 0. The predicted octanol–water partition coefficient (Wildman–Crippen LogP) is 2.83. The first kappa shape index (κ1) is 14.5. The first-order valence-electron chi connectivity index (χ1n) is 6.51. The number of hydrogen-bond acceptors (Lipinski definition) is 3. The highest BCUT2D eigenvalue weighted by Crippen LogP contribution is 2.29. The van der Waals surface area contributed by atoms with Gasteiger partial charge in [0.15, 0.2) is 0 Å². The van der Waals surface area contributed by atoms with Crippen molar-refractivity contribution in [3.8, 4) is 0 Å². The molecular formula is C15H21NO2. The molecule has 18 heavy (non-hydrogen) atoms. The average molecular weight is 247 g/mol. The van der Waals surface area contributed by atoms with Crippen molar-refractivity contribution in [3.63, 3.8) is 0 Å². The second-order valence-electron chi connectivity index (χ2n) is 4.79. The van der Waals surface area contributed by atoms with Gasteiger partial charge in [0.25, 0.3) is 0 Å². The van der Waals surface area contributed by atoms with E-state index in [-0.39, 0.29) is 6.15 Å². The quantitative estimate of drug-likeness (QED) is 0.806. The molecule has 0 unspecified atom stereocenters. The van der Waals surface area contributed by atoms with Gasteiger partial charge in [0.05, 0.1) is 0 Å². The molecule has 1 aliphatic rings. The number of hydrogen-bond donors (Lipinski definition) is 0. The van der Waals surface area contributed by atoms with Gasteiger partial charge in [0, 0.05) is 18.3 Å². The fraction of sp³-hybridized carbons (Fsp3) is 0.533. The maximum absolute atomic E-state index is 8.12. The number of anilines is 1. The molecule has 0 N–H and O–H groups in total. The maximum Gasteiger partial charge on any atom is 0.373 e. The van der Waals surface area contributed by atoms with E-state index in [1.807, 2.05) is 0 Å². The summed E-state index contributed by atoms with van der Waals surface area (Å²) in [5.41, 5.74) is 4.48. The number of carbonyl (C=O) groups excluding carboxylic acids is 2. The van der Waals surface area contributed by atoms with Crippen LogP contribution in [0.3, 0.4) is 0 Å². The smallest absolute Gasteiger partial charge is 0.369 e. The van der Waals surface area contributed by atoms with Gasteiger partial charge in [-0.3, -0.25) is 0 Å². The molecule has 0 aliphatic carbocycles. The molecule has 1 heterocycles. The predicted molar refractivity (Wildman–Crippen MR) is 71.6 cm³/mol. The van der Waals surface area contributed by atoms with E-state index in [0.717, 1.165) is 6.42 Å². The summed E-state index contributed by atoms with van der Waals surface area (Å²) in [6.45, 7) is 8.02. The number of nitrogens with zero attached hydrogens (tertiary/aromatic N) is 1. The standard InChI is InChI=1S/C14H21N.CO2/c1-4-12-7-8-13-6-5-9-15(11(2)3)14(13)10-12;2-1-3/h7-8,10-11H,4-6,9H2,1-3H3;. The highest BCUT2D eigenvalue weighted by atomic mass is 16.2. The van der Waals surface area contributed by atoms with E-state index in [9.17, 15) is 0 Å². The summed E-state index contributed by atoms with van der Waals surface area (Å²) < 4.78 is 0. The van der Waals surface area contributed by atoms with E-state index in [2.05, 4.69) is 43.9 Å². The van der Waals surface area contributed by atoms with Crippen molar-refractivity contribution in [2.45, 2.75) is 46.1 Å². The molecule has 3 nitrogen and oxygen atoms in total. The fourth-order valence-corrected chi connectivity index (χ4v) is 2.40. The van der Waals surface area contributed by atoms with Crippen LogP contribution in [-0.4, -0.2) is 18.7 Å². The molecule has 1 aliphatic heterocycles. The van der Waals surface area contributed by atoms with Crippen molar-refractivity contribution in [2.24, 2.45) is 0 Å². The molecule has 0 saturated carbocycles. The van der Waals surface area contributed by atoms with Crippen LogP contribution in [0.4, 0.5) is 5.69 Å². The fourth-order valence-electron chi connectivity index (χ4n) is 2.40. The van der Waals surface area contributed by atoms with Gasteiger partial charge < -0.3 is 4.90 Å². The van der Waals surface area contributed by atoms with E-state index < -0.39 is 0 Å². The third-order valence-corrected chi connectivity index (χ3v) is 3.34. The van der Waals surface area contributed by atoms with E-state index in [0.29, 0.717) is 6.04 Å². The van der Waals surface area contributed by atoms with Crippen molar-refractivity contribution in [1.29, 1.82) is 0 Å². The topological polar surface area (TPSA) is 37.4 Å². The molecule has 1 aromatic carbocycles. The number of aryl methyl sites for hydroxylation is 2. The average Bonchev–Trinajstić information content (AvgIpc) is 2.38. The Morgan fingerprint density at radius 3 is 2.56 bits per heavy atom. The Morgan fingerprint density at radius 2 is 2.00 bits per heavy atom. The zero-order valence-electron chi connectivity index (χ0n) is 11.4. The van der Waals surface area contributed by atoms with Crippen LogP contribution in [0.2, 0.25) is 0 Å². The second kappa shape index (κ2) is 6.97. The molecule has 3 heteroatoms. The lowest BCUT2D eigenvalue weighted by Gasteiger charge is -2.35. The normalized spacial score (nSPS) is 13.4. The second-order valence-corrected chi connectivity index (χ2v) is 4.79. The first-order chi connectivity index (χ1) is 8.63. The first-order valence-corrected chi connectivity index (χ1v) is 6.51. The third-order valence-electron chi connectivity index (χ3n) is 3.34. The third kappa shape index (κ3) is 3.44. The zero-order chi connectivity index (χ0) is 13.5. The summed E-state index contributed by atoms with van der Waals surface area (Å²) in [4.78, 5) is 18.8.